The molecule has 1 unspecified atom stereocenters. The minimum atomic E-state index is -4.57. The third-order valence-electron chi connectivity index (χ3n) is 5.88. The molecule has 1 aliphatic carbocycles. The van der Waals surface area contributed by atoms with Crippen LogP contribution in [0.1, 0.15) is 78.3 Å². The Morgan fingerprint density at radius 1 is 1.33 bits per heavy atom. The maximum atomic E-state index is 13.5. The summed E-state index contributed by atoms with van der Waals surface area (Å²) in [4.78, 5) is 34.0. The molecule has 0 N–H and O–H groups in total. The van der Waals surface area contributed by atoms with Crippen molar-refractivity contribution in [2.24, 2.45) is 0 Å². The molecule has 2 aromatic heterocycles. The molecule has 1 saturated carbocycles. The van der Waals surface area contributed by atoms with E-state index in [9.17, 15) is 31.3 Å². The van der Waals surface area contributed by atoms with Crippen molar-refractivity contribution in [3.05, 3.63) is 45.7 Å². The lowest BCUT2D eigenvalue weighted by Crippen LogP contribution is -2.45. The Kier molecular flexibility index (Phi) is 6.48. The van der Waals surface area contributed by atoms with Crippen LogP contribution in [0.2, 0.25) is 0 Å². The number of hydrogen-bond donors (Lipinski definition) is 0. The number of nitroso groups, excluding NO2 is 1. The van der Waals surface area contributed by atoms with E-state index in [1.807, 2.05) is 0 Å². The van der Waals surface area contributed by atoms with Gasteiger partial charge in [0.15, 0.2) is 15.5 Å². The van der Waals surface area contributed by atoms with Gasteiger partial charge in [-0.15, -0.1) is 0 Å². The van der Waals surface area contributed by atoms with Gasteiger partial charge in [-0.1, -0.05) is 11.6 Å². The molecular formula is C20H24F3N4O5S+. The van der Waals surface area contributed by atoms with Gasteiger partial charge in [0.05, 0.1) is 10.7 Å². The van der Waals surface area contributed by atoms with E-state index in [-0.39, 0.29) is 28.0 Å². The zero-order chi connectivity index (χ0) is 24.8. The molecule has 2 atom stereocenters. The monoisotopic (exact) mass is 489 g/mol. The summed E-state index contributed by atoms with van der Waals surface area (Å²) in [5.41, 5.74) is -2.35. The number of sulfone groups is 1. The van der Waals surface area contributed by atoms with Crippen molar-refractivity contribution in [3.63, 3.8) is 0 Å². The fourth-order valence-electron chi connectivity index (χ4n) is 3.78. The summed E-state index contributed by atoms with van der Waals surface area (Å²) in [6.45, 7) is 3.54. The van der Waals surface area contributed by atoms with Crippen LogP contribution in [-0.2, 0) is 15.4 Å². The number of pyridine rings is 1. The Bertz CT molecular complexity index is 1190. The van der Waals surface area contributed by atoms with Crippen LogP contribution in [0, 0.1) is 11.8 Å². The molecular weight excluding hydrogens is 465 g/mol. The Hall–Kier alpha value is -2.70. The van der Waals surface area contributed by atoms with Gasteiger partial charge in [-0.25, -0.2) is 18.2 Å². The molecule has 9 nitrogen and oxygen atoms in total. The summed E-state index contributed by atoms with van der Waals surface area (Å²) in [6, 6.07) is 0.974. The summed E-state index contributed by atoms with van der Waals surface area (Å²) >= 11 is 0. The first-order valence-corrected chi connectivity index (χ1v) is 12.3. The average molecular weight is 489 g/mol. The van der Waals surface area contributed by atoms with E-state index in [1.54, 1.807) is 0 Å². The van der Waals surface area contributed by atoms with Crippen molar-refractivity contribution in [2.45, 2.75) is 63.6 Å². The first kappa shape index (κ1) is 24.9. The Morgan fingerprint density at radius 3 is 2.42 bits per heavy atom. The third-order valence-corrected chi connectivity index (χ3v) is 6.96. The van der Waals surface area contributed by atoms with Crippen LogP contribution >= 0.6 is 0 Å². The Labute approximate surface area is 188 Å². The van der Waals surface area contributed by atoms with Gasteiger partial charge in [0.1, 0.15) is 5.75 Å². The predicted molar refractivity (Wildman–Crippen MR) is 109 cm³/mol. The molecule has 0 aliphatic heterocycles. The van der Waals surface area contributed by atoms with E-state index in [0.717, 1.165) is 32.6 Å². The van der Waals surface area contributed by atoms with Crippen molar-refractivity contribution < 1.29 is 35.7 Å². The maximum Gasteiger partial charge on any atom is 0.484 e. The minimum absolute atomic E-state index is 0.0369. The average Bonchev–Trinajstić information content (AvgIpc) is 3.10. The Morgan fingerprint density at radius 2 is 1.97 bits per heavy atom. The van der Waals surface area contributed by atoms with E-state index in [1.165, 1.54) is 13.1 Å². The van der Waals surface area contributed by atoms with Gasteiger partial charge in [-0.2, -0.15) is 18.2 Å². The second-order valence-corrected chi connectivity index (χ2v) is 10.8. The highest BCUT2D eigenvalue weighted by Crippen LogP contribution is 2.43. The quantitative estimate of drug-likeness (QED) is 0.541. The number of aromatic nitrogens is 3. The normalized spacial score (nSPS) is 17.8. The SMILES string of the molecule is Cc1nc(C(C)(CS(C)(=O)=O)[N+](=O)C(=O)c2cc([C@H](C)C(F)(F)F)c(C3CCC3)cn2)no1. The van der Waals surface area contributed by atoms with E-state index in [4.69, 9.17) is 4.52 Å². The zero-order valence-electron chi connectivity index (χ0n) is 18.5. The summed E-state index contributed by atoms with van der Waals surface area (Å²) in [5.74, 6) is -4.43. The molecule has 0 saturated heterocycles. The highest BCUT2D eigenvalue weighted by molar-refractivity contribution is 7.90. The molecule has 2 aromatic rings. The zero-order valence-corrected chi connectivity index (χ0v) is 19.3. The van der Waals surface area contributed by atoms with Crippen LogP contribution in [-0.4, -0.2) is 52.4 Å². The first-order valence-electron chi connectivity index (χ1n) is 10.2. The lowest BCUT2D eigenvalue weighted by molar-refractivity contribution is -0.540. The van der Waals surface area contributed by atoms with Gasteiger partial charge in [-0.3, -0.25) is 0 Å². The highest BCUT2D eigenvalue weighted by Gasteiger charge is 2.54. The second-order valence-electron chi connectivity index (χ2n) is 8.67. The summed E-state index contributed by atoms with van der Waals surface area (Å²) in [5, 5.41) is 3.59. The molecule has 0 aromatic carbocycles. The summed E-state index contributed by atoms with van der Waals surface area (Å²) < 4.78 is 69.2. The minimum Gasteiger partial charge on any atom is -0.339 e. The van der Waals surface area contributed by atoms with Crippen molar-refractivity contribution in [1.82, 2.24) is 15.1 Å². The molecule has 0 spiro atoms. The summed E-state index contributed by atoms with van der Waals surface area (Å²) in [7, 11) is -3.82. The van der Waals surface area contributed by atoms with Crippen LogP contribution < -0.4 is 0 Å². The second kappa shape index (κ2) is 8.58. The highest BCUT2D eigenvalue weighted by atomic mass is 32.2. The van der Waals surface area contributed by atoms with Gasteiger partial charge in [0.2, 0.25) is 11.7 Å². The number of aryl methyl sites for hydroxylation is 1. The number of nitrogens with zero attached hydrogens (tertiary/aromatic N) is 4. The van der Waals surface area contributed by atoms with Crippen LogP contribution in [0.25, 0.3) is 0 Å². The van der Waals surface area contributed by atoms with Gasteiger partial charge < -0.3 is 4.52 Å². The molecule has 1 aliphatic rings. The van der Waals surface area contributed by atoms with Crippen LogP contribution in [0.3, 0.4) is 0 Å². The third kappa shape index (κ3) is 5.12. The van der Waals surface area contributed by atoms with Gasteiger partial charge >= 0.3 is 12.1 Å². The van der Waals surface area contributed by atoms with Gasteiger partial charge in [-0.05, 0) is 42.9 Å². The predicted octanol–water partition coefficient (Wildman–Crippen LogP) is 3.59. The van der Waals surface area contributed by atoms with E-state index < -0.39 is 44.8 Å². The lowest BCUT2D eigenvalue weighted by Gasteiger charge is -2.30. The largest absolute Gasteiger partial charge is 0.484 e. The summed E-state index contributed by atoms with van der Waals surface area (Å²) in [6.07, 6.45) is -0.189. The molecule has 0 radical (unpaired) electrons. The number of alkyl halides is 3. The van der Waals surface area contributed by atoms with Crippen LogP contribution in [0.5, 0.6) is 0 Å². The fourth-order valence-corrected chi connectivity index (χ4v) is 5.05. The van der Waals surface area contributed by atoms with Crippen molar-refractivity contribution in [3.8, 4) is 0 Å². The van der Waals surface area contributed by atoms with Gasteiger partial charge in [0.25, 0.3) is 5.54 Å². The number of rotatable bonds is 7. The Balaban J connectivity index is 2.06. The van der Waals surface area contributed by atoms with Crippen LogP contribution in [0.15, 0.2) is 16.8 Å². The molecule has 1 amide bonds. The number of amides is 1. The molecule has 33 heavy (non-hydrogen) atoms. The molecule has 2 heterocycles. The van der Waals surface area contributed by atoms with Crippen molar-refractivity contribution >= 4 is 15.7 Å². The number of carbonyl (C=O) groups is 1. The van der Waals surface area contributed by atoms with Gasteiger partial charge in [0, 0.05) is 31.2 Å². The number of carbonyl (C=O) groups excluding carboxylic acids is 1. The van der Waals surface area contributed by atoms with Crippen molar-refractivity contribution in [1.29, 1.82) is 0 Å². The van der Waals surface area contributed by atoms with Crippen molar-refractivity contribution in [2.75, 3.05) is 12.0 Å². The van der Waals surface area contributed by atoms with E-state index >= 15 is 0 Å². The molecule has 180 valence electrons. The molecule has 13 heteroatoms. The molecule has 1 fully saturated rings. The van der Waals surface area contributed by atoms with Crippen LogP contribution in [0.4, 0.5) is 13.2 Å². The maximum absolute atomic E-state index is 13.5. The topological polar surface area (TPSA) is 123 Å². The number of hydrogen-bond acceptors (Lipinski definition) is 8. The fraction of sp³-hybridized carbons (Fsp3) is 0.600. The molecule has 3 rings (SSSR count). The number of halogens is 3. The van der Waals surface area contributed by atoms with E-state index in [2.05, 4.69) is 15.1 Å². The lowest BCUT2D eigenvalue weighted by atomic mass is 9.77. The standard InChI is InChI=1S/C20H24F3N4O5S/c1-11(20(21,22)23)14-8-16(24-9-15(14)13-6-5-7-13)17(28)27(29)19(3,10-33(4,30)31)18-25-12(2)32-26-18/h8-9,11,13H,5-7,10H2,1-4H3/q+1/t11-,19?/m0/s1. The first-order chi connectivity index (χ1) is 15.1. The smallest absolute Gasteiger partial charge is 0.339 e. The van der Waals surface area contributed by atoms with E-state index in [0.29, 0.717) is 18.4 Å². The molecule has 0 bridgehead atoms.